The van der Waals surface area contributed by atoms with Gasteiger partial charge in [0.15, 0.2) is 0 Å². The Hall–Kier alpha value is -2.88. The second kappa shape index (κ2) is 8.83. The first-order valence-electron chi connectivity index (χ1n) is 8.28. The molecule has 1 aromatic carbocycles. The van der Waals surface area contributed by atoms with Crippen LogP contribution in [0, 0.1) is 17.2 Å². The molecule has 2 rings (SSSR count). The molecule has 7 nitrogen and oxygen atoms in total. The Kier molecular flexibility index (Phi) is 6.52. The van der Waals surface area contributed by atoms with Gasteiger partial charge in [0.1, 0.15) is 6.42 Å². The summed E-state index contributed by atoms with van der Waals surface area (Å²) in [6.45, 7) is 2.88. The normalized spacial score (nSPS) is 17.7. The minimum absolute atomic E-state index is 0.0289. The number of hydrogen-bond acceptors (Lipinski definition) is 4. The summed E-state index contributed by atoms with van der Waals surface area (Å²) in [5.74, 6) is -0.964. The van der Waals surface area contributed by atoms with Crippen LogP contribution >= 0.6 is 0 Å². The molecule has 3 amide bonds. The highest BCUT2D eigenvalue weighted by Crippen LogP contribution is 2.28. The predicted octanol–water partition coefficient (Wildman–Crippen LogP) is 0.742. The first-order chi connectivity index (χ1) is 12.0. The number of nitrogens with zero attached hydrogens (tertiary/aromatic N) is 2. The summed E-state index contributed by atoms with van der Waals surface area (Å²) in [5, 5.41) is 13.6. The van der Waals surface area contributed by atoms with Gasteiger partial charge in [-0.25, -0.2) is 0 Å². The van der Waals surface area contributed by atoms with Crippen molar-refractivity contribution in [3.8, 4) is 6.07 Å². The minimum atomic E-state index is -0.381. The Balaban J connectivity index is 1.80. The number of hydrogen-bond donors (Lipinski definition) is 2. The van der Waals surface area contributed by atoms with Gasteiger partial charge >= 0.3 is 0 Å². The lowest BCUT2D eigenvalue weighted by Gasteiger charge is -2.25. The summed E-state index contributed by atoms with van der Waals surface area (Å²) in [6.07, 6.45) is 0.00120. The van der Waals surface area contributed by atoms with Gasteiger partial charge in [0.05, 0.1) is 18.0 Å². The summed E-state index contributed by atoms with van der Waals surface area (Å²) in [5.41, 5.74) is 1.04. The molecule has 1 aliphatic heterocycles. The van der Waals surface area contributed by atoms with E-state index in [0.717, 1.165) is 5.56 Å². The maximum Gasteiger partial charge on any atom is 0.234 e. The lowest BCUT2D eigenvalue weighted by molar-refractivity contribution is -0.130. The molecular formula is C18H22N4O3. The third-order valence-corrected chi connectivity index (χ3v) is 4.26. The molecule has 2 atom stereocenters. The lowest BCUT2D eigenvalue weighted by Crippen LogP contribution is -2.38. The number of nitrogens with one attached hydrogen (secondary N) is 2. The first kappa shape index (κ1) is 18.5. The molecule has 1 saturated heterocycles. The molecule has 0 radical (unpaired) electrons. The molecule has 0 bridgehead atoms. The van der Waals surface area contributed by atoms with Crippen LogP contribution in [-0.4, -0.2) is 42.3 Å². The summed E-state index contributed by atoms with van der Waals surface area (Å²) in [4.78, 5) is 37.3. The number of carbonyl (C=O) groups excluding carboxylic acids is 3. The Labute approximate surface area is 147 Å². The highest BCUT2D eigenvalue weighted by Gasteiger charge is 2.36. The smallest absolute Gasteiger partial charge is 0.234 e. The number of carbonyl (C=O) groups is 3. The van der Waals surface area contributed by atoms with Crippen LogP contribution in [0.2, 0.25) is 0 Å². The molecule has 2 N–H and O–H groups in total. The maximum atomic E-state index is 12.3. The van der Waals surface area contributed by atoms with Crippen molar-refractivity contribution in [2.45, 2.75) is 25.8 Å². The van der Waals surface area contributed by atoms with Crippen LogP contribution in [0.5, 0.6) is 0 Å². The monoisotopic (exact) mass is 342 g/mol. The van der Waals surface area contributed by atoms with Gasteiger partial charge in [-0.1, -0.05) is 30.3 Å². The second-order valence-electron chi connectivity index (χ2n) is 6.01. The fourth-order valence-electron chi connectivity index (χ4n) is 2.86. The van der Waals surface area contributed by atoms with E-state index in [9.17, 15) is 14.4 Å². The number of benzene rings is 1. The molecular weight excluding hydrogens is 320 g/mol. The number of nitriles is 1. The van der Waals surface area contributed by atoms with Gasteiger partial charge < -0.3 is 15.5 Å². The third-order valence-electron chi connectivity index (χ3n) is 4.26. The summed E-state index contributed by atoms with van der Waals surface area (Å²) >= 11 is 0. The van der Waals surface area contributed by atoms with Crippen molar-refractivity contribution < 1.29 is 14.4 Å². The van der Waals surface area contributed by atoms with Crippen LogP contribution in [0.3, 0.4) is 0 Å². The van der Waals surface area contributed by atoms with E-state index in [-0.39, 0.29) is 55.6 Å². The molecule has 0 aliphatic carbocycles. The van der Waals surface area contributed by atoms with Gasteiger partial charge in [-0.2, -0.15) is 5.26 Å². The van der Waals surface area contributed by atoms with Gasteiger partial charge in [0.2, 0.25) is 17.7 Å². The van der Waals surface area contributed by atoms with Crippen LogP contribution in [0.15, 0.2) is 30.3 Å². The Morgan fingerprint density at radius 3 is 2.64 bits per heavy atom. The molecule has 0 saturated carbocycles. The SMILES string of the molecule is CC(c1ccccc1)N1CC(C(=O)NCCNC(=O)CC#N)CC1=O. The average molecular weight is 342 g/mol. The molecule has 132 valence electrons. The molecule has 25 heavy (non-hydrogen) atoms. The average Bonchev–Trinajstić information content (AvgIpc) is 3.01. The first-order valence-corrected chi connectivity index (χ1v) is 8.28. The van der Waals surface area contributed by atoms with Gasteiger partial charge in [0, 0.05) is 26.1 Å². The van der Waals surface area contributed by atoms with E-state index in [1.807, 2.05) is 37.3 Å². The molecule has 2 unspecified atom stereocenters. The van der Waals surface area contributed by atoms with Crippen molar-refractivity contribution in [3.63, 3.8) is 0 Å². The zero-order valence-corrected chi connectivity index (χ0v) is 14.2. The highest BCUT2D eigenvalue weighted by molar-refractivity contribution is 5.89. The van der Waals surface area contributed by atoms with E-state index in [0.29, 0.717) is 6.54 Å². The van der Waals surface area contributed by atoms with E-state index in [4.69, 9.17) is 5.26 Å². The molecule has 1 aromatic rings. The highest BCUT2D eigenvalue weighted by atomic mass is 16.2. The Morgan fingerprint density at radius 2 is 1.96 bits per heavy atom. The largest absolute Gasteiger partial charge is 0.354 e. The van der Waals surface area contributed by atoms with Gasteiger partial charge in [-0.3, -0.25) is 14.4 Å². The quantitative estimate of drug-likeness (QED) is 0.714. The fourth-order valence-corrected chi connectivity index (χ4v) is 2.86. The summed E-state index contributed by atoms with van der Waals surface area (Å²) < 4.78 is 0. The van der Waals surface area contributed by atoms with Crippen molar-refractivity contribution in [1.29, 1.82) is 5.26 Å². The van der Waals surface area contributed by atoms with Crippen molar-refractivity contribution in [3.05, 3.63) is 35.9 Å². The van der Waals surface area contributed by atoms with Crippen LogP contribution in [0.4, 0.5) is 0 Å². The van der Waals surface area contributed by atoms with E-state index < -0.39 is 0 Å². The molecule has 1 fully saturated rings. The van der Waals surface area contributed by atoms with Gasteiger partial charge in [0.25, 0.3) is 0 Å². The van der Waals surface area contributed by atoms with Crippen LogP contribution in [0.1, 0.15) is 31.4 Å². The van der Waals surface area contributed by atoms with Crippen LogP contribution in [0.25, 0.3) is 0 Å². The van der Waals surface area contributed by atoms with Crippen molar-refractivity contribution >= 4 is 17.7 Å². The zero-order chi connectivity index (χ0) is 18.2. The maximum absolute atomic E-state index is 12.3. The third kappa shape index (κ3) is 5.05. The predicted molar refractivity (Wildman–Crippen MR) is 90.9 cm³/mol. The fraction of sp³-hybridized carbons (Fsp3) is 0.444. The second-order valence-corrected chi connectivity index (χ2v) is 6.01. The van der Waals surface area contributed by atoms with E-state index in [1.54, 1.807) is 11.0 Å². The standard InChI is InChI=1S/C18H22N4O3/c1-13(14-5-3-2-4-6-14)22-12-15(11-17(22)24)18(25)21-10-9-20-16(23)7-8-19/h2-6,13,15H,7,9-12H2,1H3,(H,20,23)(H,21,25). The molecule has 0 spiro atoms. The number of amides is 3. The van der Waals surface area contributed by atoms with Gasteiger partial charge in [-0.15, -0.1) is 0 Å². The number of rotatable bonds is 7. The summed E-state index contributed by atoms with van der Waals surface area (Å²) in [6, 6.07) is 11.4. The van der Waals surface area contributed by atoms with Crippen LogP contribution < -0.4 is 10.6 Å². The Morgan fingerprint density at radius 1 is 1.28 bits per heavy atom. The van der Waals surface area contributed by atoms with Crippen LogP contribution in [-0.2, 0) is 14.4 Å². The topological polar surface area (TPSA) is 102 Å². The summed E-state index contributed by atoms with van der Waals surface area (Å²) in [7, 11) is 0. The number of likely N-dealkylation sites (tertiary alicyclic amines) is 1. The molecule has 1 heterocycles. The van der Waals surface area contributed by atoms with Crippen molar-refractivity contribution in [2.24, 2.45) is 5.92 Å². The van der Waals surface area contributed by atoms with E-state index in [1.165, 1.54) is 0 Å². The zero-order valence-electron chi connectivity index (χ0n) is 14.2. The molecule has 1 aliphatic rings. The van der Waals surface area contributed by atoms with E-state index >= 15 is 0 Å². The molecule has 7 heteroatoms. The minimum Gasteiger partial charge on any atom is -0.354 e. The Bertz CT molecular complexity index is 669. The van der Waals surface area contributed by atoms with Crippen molar-refractivity contribution in [2.75, 3.05) is 19.6 Å². The lowest BCUT2D eigenvalue weighted by atomic mass is 10.1. The van der Waals surface area contributed by atoms with E-state index in [2.05, 4.69) is 10.6 Å². The van der Waals surface area contributed by atoms with Crippen molar-refractivity contribution in [1.82, 2.24) is 15.5 Å². The molecule has 0 aromatic heterocycles. The van der Waals surface area contributed by atoms with Gasteiger partial charge in [-0.05, 0) is 12.5 Å².